The largest absolute Gasteiger partial charge is 0.390 e. The average molecular weight is 283 g/mol. The van der Waals surface area contributed by atoms with Crippen LogP contribution in [0.4, 0.5) is 0 Å². The fraction of sp³-hybridized carbons (Fsp3) is 0.857. The van der Waals surface area contributed by atoms with E-state index in [4.69, 9.17) is 5.73 Å². The topological polar surface area (TPSA) is 86.9 Å². The predicted molar refractivity (Wildman–Crippen MR) is 74.8 cm³/mol. The Balaban J connectivity index is 2.04. The minimum atomic E-state index is -0.652. The molecule has 2 rings (SSSR count). The molecule has 3 N–H and O–H groups in total. The molecule has 2 aliphatic heterocycles. The van der Waals surface area contributed by atoms with E-state index in [9.17, 15) is 14.7 Å². The average Bonchev–Trinajstić information content (AvgIpc) is 2.59. The summed E-state index contributed by atoms with van der Waals surface area (Å²) in [5.74, 6) is -0.345. The third-order valence-corrected chi connectivity index (χ3v) is 4.90. The van der Waals surface area contributed by atoms with Gasteiger partial charge in [0.2, 0.25) is 11.8 Å². The summed E-state index contributed by atoms with van der Waals surface area (Å²) in [7, 11) is 1.67. The number of hydrogen-bond donors (Lipinski definition) is 2. The molecule has 2 bridgehead atoms. The monoisotopic (exact) mass is 283 g/mol. The molecule has 0 aliphatic carbocycles. The lowest BCUT2D eigenvalue weighted by molar-refractivity contribution is -0.134. The standard InChI is InChI=1S/C14H25N3O3/c1-10(18)16(2)8-12(19)9-17-11-4-3-6-14(17,7-5-11)13(15)20/h11-12,19H,3-9H2,1-2H3,(H2,15,20)/t11-,12?,14+/m0/s1. The van der Waals surface area contributed by atoms with E-state index < -0.39 is 11.6 Å². The quantitative estimate of drug-likeness (QED) is 0.725. The molecule has 0 aromatic heterocycles. The highest BCUT2D eigenvalue weighted by molar-refractivity contribution is 5.85. The second kappa shape index (κ2) is 5.69. The normalized spacial score (nSPS) is 31.1. The summed E-state index contributed by atoms with van der Waals surface area (Å²) in [5.41, 5.74) is 5.06. The van der Waals surface area contributed by atoms with Crippen LogP contribution < -0.4 is 5.73 Å². The van der Waals surface area contributed by atoms with E-state index in [1.54, 1.807) is 7.05 Å². The molecule has 20 heavy (non-hydrogen) atoms. The van der Waals surface area contributed by atoms with Gasteiger partial charge < -0.3 is 15.7 Å². The van der Waals surface area contributed by atoms with Crippen LogP contribution >= 0.6 is 0 Å². The van der Waals surface area contributed by atoms with E-state index >= 15 is 0 Å². The van der Waals surface area contributed by atoms with Crippen LogP contribution in [0.3, 0.4) is 0 Å². The van der Waals surface area contributed by atoms with Crippen molar-refractivity contribution in [3.05, 3.63) is 0 Å². The molecule has 0 aromatic rings. The van der Waals surface area contributed by atoms with E-state index in [0.29, 0.717) is 12.6 Å². The molecule has 0 spiro atoms. The highest BCUT2D eigenvalue weighted by Gasteiger charge is 2.52. The summed E-state index contributed by atoms with van der Waals surface area (Å²) in [5, 5.41) is 10.2. The van der Waals surface area contributed by atoms with Gasteiger partial charge in [0.15, 0.2) is 0 Å². The number of nitrogens with zero attached hydrogens (tertiary/aromatic N) is 2. The number of hydrogen-bond acceptors (Lipinski definition) is 4. The Bertz CT molecular complexity index is 397. The van der Waals surface area contributed by atoms with Crippen LogP contribution in [0.25, 0.3) is 0 Å². The first-order chi connectivity index (χ1) is 9.36. The SMILES string of the molecule is CC(=O)N(C)CC(O)CN1[C@H]2CCC[C@]1(C(N)=O)CC2. The van der Waals surface area contributed by atoms with Crippen molar-refractivity contribution in [3.63, 3.8) is 0 Å². The second-order valence-electron chi connectivity index (χ2n) is 6.19. The lowest BCUT2D eigenvalue weighted by Crippen LogP contribution is -2.60. The Morgan fingerprint density at radius 1 is 1.45 bits per heavy atom. The molecular formula is C14H25N3O3. The number of aliphatic hydroxyl groups is 1. The predicted octanol–water partition coefficient (Wildman–Crippen LogP) is -0.302. The van der Waals surface area contributed by atoms with E-state index in [0.717, 1.165) is 32.1 Å². The van der Waals surface area contributed by atoms with Crippen molar-refractivity contribution in [2.45, 2.75) is 56.7 Å². The highest BCUT2D eigenvalue weighted by Crippen LogP contribution is 2.43. The Hall–Kier alpha value is -1.14. The van der Waals surface area contributed by atoms with Crippen molar-refractivity contribution in [3.8, 4) is 0 Å². The molecule has 2 fully saturated rings. The number of carbonyl (C=O) groups is 2. The number of likely N-dealkylation sites (N-methyl/N-ethyl adjacent to an activating group) is 1. The molecule has 2 amide bonds. The molecule has 0 radical (unpaired) electrons. The maximum atomic E-state index is 11.9. The van der Waals surface area contributed by atoms with Crippen molar-refractivity contribution in [2.75, 3.05) is 20.1 Å². The van der Waals surface area contributed by atoms with Gasteiger partial charge in [-0.1, -0.05) is 0 Å². The molecule has 2 saturated heterocycles. The van der Waals surface area contributed by atoms with Gasteiger partial charge in [0.05, 0.1) is 6.10 Å². The molecule has 6 nitrogen and oxygen atoms in total. The van der Waals surface area contributed by atoms with Crippen molar-refractivity contribution in [1.82, 2.24) is 9.80 Å². The number of carbonyl (C=O) groups excluding carboxylic acids is 2. The zero-order valence-electron chi connectivity index (χ0n) is 12.3. The molecule has 6 heteroatoms. The van der Waals surface area contributed by atoms with Gasteiger partial charge in [-0.3, -0.25) is 14.5 Å². The fourth-order valence-electron chi connectivity index (χ4n) is 3.69. The summed E-state index contributed by atoms with van der Waals surface area (Å²) in [6, 6.07) is 0.341. The summed E-state index contributed by atoms with van der Waals surface area (Å²) in [6.45, 7) is 2.17. The number of nitrogens with two attached hydrogens (primary N) is 1. The van der Waals surface area contributed by atoms with E-state index in [1.165, 1.54) is 11.8 Å². The minimum Gasteiger partial charge on any atom is -0.390 e. The first-order valence-corrected chi connectivity index (χ1v) is 7.33. The highest BCUT2D eigenvalue weighted by atomic mass is 16.3. The van der Waals surface area contributed by atoms with Crippen LogP contribution in [-0.4, -0.2) is 64.5 Å². The fourth-order valence-corrected chi connectivity index (χ4v) is 3.69. The first kappa shape index (κ1) is 15.3. The zero-order valence-corrected chi connectivity index (χ0v) is 12.3. The number of β-amino-alcohol motifs (C(OH)–C–C–N with tert-alkyl or cyclic N) is 1. The summed E-state index contributed by atoms with van der Waals surface area (Å²) < 4.78 is 0. The van der Waals surface area contributed by atoms with Gasteiger partial charge in [0.25, 0.3) is 0 Å². The van der Waals surface area contributed by atoms with Gasteiger partial charge in [0, 0.05) is 33.1 Å². The number of piperidine rings is 1. The Morgan fingerprint density at radius 2 is 2.15 bits per heavy atom. The van der Waals surface area contributed by atoms with Crippen LogP contribution in [0, 0.1) is 0 Å². The van der Waals surface area contributed by atoms with Crippen molar-refractivity contribution in [2.24, 2.45) is 5.73 Å². The molecular weight excluding hydrogens is 258 g/mol. The summed E-state index contributed by atoms with van der Waals surface area (Å²) >= 11 is 0. The number of fused-ring (bicyclic) bond motifs is 2. The molecule has 2 heterocycles. The number of primary amides is 1. The number of amides is 2. The Kier molecular flexibility index (Phi) is 4.34. The van der Waals surface area contributed by atoms with Gasteiger partial charge in [-0.25, -0.2) is 0 Å². The lowest BCUT2D eigenvalue weighted by atomic mass is 9.87. The molecule has 3 atom stereocenters. The summed E-state index contributed by atoms with van der Waals surface area (Å²) in [6.07, 6.45) is 3.98. The Labute approximate surface area is 119 Å². The second-order valence-corrected chi connectivity index (χ2v) is 6.19. The maximum Gasteiger partial charge on any atom is 0.237 e. The molecule has 0 saturated carbocycles. The van der Waals surface area contributed by atoms with E-state index in [2.05, 4.69) is 4.90 Å². The van der Waals surface area contributed by atoms with Crippen LogP contribution in [0.1, 0.15) is 39.0 Å². The third-order valence-electron chi connectivity index (χ3n) is 4.90. The van der Waals surface area contributed by atoms with E-state index in [-0.39, 0.29) is 18.4 Å². The van der Waals surface area contributed by atoms with Crippen LogP contribution in [0.15, 0.2) is 0 Å². The van der Waals surface area contributed by atoms with Gasteiger partial charge in [-0.2, -0.15) is 0 Å². The molecule has 2 aliphatic rings. The van der Waals surface area contributed by atoms with Gasteiger partial charge in [-0.15, -0.1) is 0 Å². The molecule has 1 unspecified atom stereocenters. The minimum absolute atomic E-state index is 0.0738. The lowest BCUT2D eigenvalue weighted by Gasteiger charge is -2.43. The van der Waals surface area contributed by atoms with Gasteiger partial charge in [-0.05, 0) is 32.1 Å². The zero-order chi connectivity index (χ0) is 14.9. The van der Waals surface area contributed by atoms with Crippen LogP contribution in [0.5, 0.6) is 0 Å². The maximum absolute atomic E-state index is 11.9. The number of rotatable bonds is 5. The molecule has 0 aromatic carbocycles. The van der Waals surface area contributed by atoms with Gasteiger partial charge >= 0.3 is 0 Å². The Morgan fingerprint density at radius 3 is 2.75 bits per heavy atom. The summed E-state index contributed by atoms with van der Waals surface area (Å²) in [4.78, 5) is 26.7. The van der Waals surface area contributed by atoms with Crippen LogP contribution in [-0.2, 0) is 9.59 Å². The first-order valence-electron chi connectivity index (χ1n) is 7.33. The van der Waals surface area contributed by atoms with Gasteiger partial charge in [0.1, 0.15) is 5.54 Å². The van der Waals surface area contributed by atoms with E-state index in [1.807, 2.05) is 0 Å². The van der Waals surface area contributed by atoms with Crippen molar-refractivity contribution in [1.29, 1.82) is 0 Å². The van der Waals surface area contributed by atoms with Crippen LogP contribution in [0.2, 0.25) is 0 Å². The number of aliphatic hydroxyl groups excluding tert-OH is 1. The van der Waals surface area contributed by atoms with Crippen molar-refractivity contribution >= 4 is 11.8 Å². The van der Waals surface area contributed by atoms with Crippen molar-refractivity contribution < 1.29 is 14.7 Å². The third kappa shape index (κ3) is 2.67. The smallest absolute Gasteiger partial charge is 0.237 e. The molecule has 114 valence electrons.